The summed E-state index contributed by atoms with van der Waals surface area (Å²) in [6, 6.07) is 17.7. The van der Waals surface area contributed by atoms with Gasteiger partial charge in [0.05, 0.1) is 23.9 Å². The van der Waals surface area contributed by atoms with Gasteiger partial charge in [0, 0.05) is 18.4 Å². The van der Waals surface area contributed by atoms with Crippen molar-refractivity contribution in [2.75, 3.05) is 5.32 Å². The van der Waals surface area contributed by atoms with Crippen LogP contribution in [0, 0.1) is 13.8 Å². The van der Waals surface area contributed by atoms with Crippen LogP contribution in [0.3, 0.4) is 0 Å². The number of nitrogens with one attached hydrogen (secondary N) is 2. The van der Waals surface area contributed by atoms with Gasteiger partial charge in [-0.15, -0.1) is 0 Å². The lowest BCUT2D eigenvalue weighted by Crippen LogP contribution is -2.41. The molecule has 34 heavy (non-hydrogen) atoms. The molecule has 8 heteroatoms. The maximum absolute atomic E-state index is 13.1. The summed E-state index contributed by atoms with van der Waals surface area (Å²) in [4.78, 5) is 4.81. The predicted molar refractivity (Wildman–Crippen MR) is 136 cm³/mol. The largest absolute Gasteiger partial charge is 0.324 e. The summed E-state index contributed by atoms with van der Waals surface area (Å²) < 4.78 is 30.6. The molecule has 1 unspecified atom stereocenters. The van der Waals surface area contributed by atoms with Crippen LogP contribution >= 0.6 is 0 Å². The molecule has 0 aliphatic carbocycles. The number of fused-ring (bicyclic) bond motifs is 2. The summed E-state index contributed by atoms with van der Waals surface area (Å²) in [5.74, 6) is 0.230. The van der Waals surface area contributed by atoms with Gasteiger partial charge >= 0.3 is 0 Å². The Morgan fingerprint density at radius 1 is 1.06 bits per heavy atom. The van der Waals surface area contributed by atoms with Gasteiger partial charge in [-0.2, -0.15) is 5.10 Å². The summed E-state index contributed by atoms with van der Waals surface area (Å²) in [7, 11) is -1.85. The molecular weight excluding hydrogens is 446 g/mol. The highest BCUT2D eigenvalue weighted by Crippen LogP contribution is 2.39. The van der Waals surface area contributed by atoms with Crippen molar-refractivity contribution in [2.45, 2.75) is 38.1 Å². The molecule has 1 atom stereocenters. The van der Waals surface area contributed by atoms with Gasteiger partial charge in [-0.25, -0.2) is 18.1 Å². The van der Waals surface area contributed by atoms with E-state index in [0.717, 1.165) is 27.6 Å². The molecule has 174 valence electrons. The van der Waals surface area contributed by atoms with Gasteiger partial charge in [-0.1, -0.05) is 43.3 Å². The van der Waals surface area contributed by atoms with Crippen LogP contribution in [0.4, 0.5) is 5.69 Å². The molecule has 1 aliphatic heterocycles. The number of hydrogen-bond acceptors (Lipinski definition) is 4. The van der Waals surface area contributed by atoms with Crippen molar-refractivity contribution in [1.29, 1.82) is 0 Å². The van der Waals surface area contributed by atoms with E-state index < -0.39 is 10.0 Å². The first-order valence-corrected chi connectivity index (χ1v) is 12.7. The van der Waals surface area contributed by atoms with E-state index in [1.807, 2.05) is 61.2 Å². The van der Waals surface area contributed by atoms with E-state index in [1.165, 1.54) is 11.1 Å². The SMILES string of the molecule is Cc1ccccc1C(C)c1c(C)ccc2c1NC(=NCc1ccc3c(cnn3C)c1)NS2(=O)=O. The predicted octanol–water partition coefficient (Wildman–Crippen LogP) is 4.60. The van der Waals surface area contributed by atoms with Crippen molar-refractivity contribution >= 4 is 32.6 Å². The topological polar surface area (TPSA) is 88.4 Å². The van der Waals surface area contributed by atoms with Gasteiger partial charge in [-0.3, -0.25) is 4.68 Å². The third kappa shape index (κ3) is 3.84. The van der Waals surface area contributed by atoms with Crippen molar-refractivity contribution in [3.8, 4) is 0 Å². The Balaban J connectivity index is 1.53. The number of hydrogen-bond donors (Lipinski definition) is 2. The number of rotatable bonds is 4. The zero-order valence-electron chi connectivity index (χ0n) is 19.6. The van der Waals surface area contributed by atoms with E-state index in [0.29, 0.717) is 12.2 Å². The number of aliphatic imine (C=N–C) groups is 1. The number of aromatic nitrogens is 2. The molecule has 0 spiro atoms. The van der Waals surface area contributed by atoms with Crippen LogP contribution in [0.15, 0.2) is 70.7 Å². The molecule has 0 bridgehead atoms. The first-order valence-electron chi connectivity index (χ1n) is 11.2. The lowest BCUT2D eigenvalue weighted by atomic mass is 9.86. The number of benzene rings is 3. The van der Waals surface area contributed by atoms with E-state index in [9.17, 15) is 8.42 Å². The molecule has 2 heterocycles. The molecule has 0 saturated heterocycles. The molecule has 0 saturated carbocycles. The van der Waals surface area contributed by atoms with Crippen molar-refractivity contribution in [2.24, 2.45) is 12.0 Å². The number of aryl methyl sites for hydroxylation is 3. The molecule has 4 aromatic rings. The molecule has 0 amide bonds. The fraction of sp³-hybridized carbons (Fsp3) is 0.231. The Morgan fingerprint density at radius 3 is 2.65 bits per heavy atom. The molecule has 1 aromatic heterocycles. The van der Waals surface area contributed by atoms with Crippen molar-refractivity contribution in [1.82, 2.24) is 14.5 Å². The Hall–Kier alpha value is -3.65. The fourth-order valence-electron chi connectivity index (χ4n) is 4.72. The van der Waals surface area contributed by atoms with Crippen molar-refractivity contribution in [3.63, 3.8) is 0 Å². The number of guanidine groups is 1. The van der Waals surface area contributed by atoms with Gasteiger partial charge in [0.15, 0.2) is 0 Å². The fourth-order valence-corrected chi connectivity index (χ4v) is 5.88. The van der Waals surface area contributed by atoms with Crippen LogP contribution in [0.1, 0.15) is 40.7 Å². The molecule has 1 aliphatic rings. The smallest absolute Gasteiger partial charge is 0.266 e. The van der Waals surface area contributed by atoms with Gasteiger partial charge in [0.2, 0.25) is 5.96 Å². The van der Waals surface area contributed by atoms with Crippen LogP contribution in [0.5, 0.6) is 0 Å². The third-order valence-electron chi connectivity index (χ3n) is 6.51. The second kappa shape index (κ2) is 8.29. The van der Waals surface area contributed by atoms with E-state index in [-0.39, 0.29) is 16.8 Å². The first-order chi connectivity index (χ1) is 16.2. The van der Waals surface area contributed by atoms with Gasteiger partial charge in [0.1, 0.15) is 4.90 Å². The maximum atomic E-state index is 13.1. The molecular formula is C26H27N5O2S. The molecule has 5 rings (SSSR count). The van der Waals surface area contributed by atoms with Crippen molar-refractivity contribution < 1.29 is 8.42 Å². The van der Waals surface area contributed by atoms with Gasteiger partial charge in [0.25, 0.3) is 10.0 Å². The van der Waals surface area contributed by atoms with Gasteiger partial charge in [-0.05, 0) is 59.9 Å². The third-order valence-corrected chi connectivity index (χ3v) is 7.89. The summed E-state index contributed by atoms with van der Waals surface area (Å²) in [6.07, 6.45) is 1.81. The second-order valence-corrected chi connectivity index (χ2v) is 10.5. The standard InChI is InChI=1S/C26H27N5O2S/c1-16-7-5-6-8-21(16)18(3)24-17(2)9-12-23-25(24)29-26(30-34(23,32)33)27-14-19-10-11-22-20(13-19)15-28-31(22)4/h5-13,15,18H,14H2,1-4H3,(H2,27,29,30). The monoisotopic (exact) mass is 473 g/mol. The van der Waals surface area contributed by atoms with Crippen LogP contribution in [0.25, 0.3) is 10.9 Å². The van der Waals surface area contributed by atoms with Crippen LogP contribution in [-0.4, -0.2) is 24.2 Å². The van der Waals surface area contributed by atoms with E-state index in [1.54, 1.807) is 6.07 Å². The van der Waals surface area contributed by atoms with E-state index >= 15 is 0 Å². The minimum atomic E-state index is -3.75. The number of anilines is 1. The molecule has 0 radical (unpaired) electrons. The second-order valence-electron chi connectivity index (χ2n) is 8.80. The average Bonchev–Trinajstić information content (AvgIpc) is 3.17. The van der Waals surface area contributed by atoms with Crippen LogP contribution in [0.2, 0.25) is 0 Å². The minimum Gasteiger partial charge on any atom is -0.324 e. The Kier molecular flexibility index (Phi) is 5.40. The number of nitrogens with zero attached hydrogens (tertiary/aromatic N) is 3. The maximum Gasteiger partial charge on any atom is 0.266 e. The van der Waals surface area contributed by atoms with Crippen LogP contribution in [-0.2, 0) is 23.6 Å². The Labute approximate surface area is 199 Å². The molecule has 7 nitrogen and oxygen atoms in total. The molecule has 3 aromatic carbocycles. The summed E-state index contributed by atoms with van der Waals surface area (Å²) in [5, 5.41) is 8.58. The normalized spacial score (nSPS) is 16.6. The van der Waals surface area contributed by atoms with E-state index in [4.69, 9.17) is 0 Å². The molecule has 2 N–H and O–H groups in total. The van der Waals surface area contributed by atoms with Crippen LogP contribution < -0.4 is 10.0 Å². The Bertz CT molecular complexity index is 1550. The minimum absolute atomic E-state index is 0.00573. The number of sulfonamides is 1. The molecule has 0 fully saturated rings. The van der Waals surface area contributed by atoms with Gasteiger partial charge < -0.3 is 5.32 Å². The van der Waals surface area contributed by atoms with E-state index in [2.05, 4.69) is 46.1 Å². The Morgan fingerprint density at radius 2 is 1.85 bits per heavy atom. The zero-order chi connectivity index (χ0) is 24.0. The highest BCUT2D eigenvalue weighted by atomic mass is 32.2. The summed E-state index contributed by atoms with van der Waals surface area (Å²) in [6.45, 7) is 6.54. The lowest BCUT2D eigenvalue weighted by Gasteiger charge is -2.28. The summed E-state index contributed by atoms with van der Waals surface area (Å²) in [5.41, 5.74) is 6.92. The highest BCUT2D eigenvalue weighted by molar-refractivity contribution is 7.90. The van der Waals surface area contributed by atoms with Crippen molar-refractivity contribution in [3.05, 3.63) is 88.6 Å². The summed E-state index contributed by atoms with van der Waals surface area (Å²) >= 11 is 0. The average molecular weight is 474 g/mol. The highest BCUT2D eigenvalue weighted by Gasteiger charge is 2.31. The zero-order valence-corrected chi connectivity index (χ0v) is 20.4. The lowest BCUT2D eigenvalue weighted by molar-refractivity contribution is 0.591. The quantitative estimate of drug-likeness (QED) is 0.453. The first kappa shape index (κ1) is 22.2.